The number of benzene rings is 1. The van der Waals surface area contributed by atoms with E-state index in [4.69, 9.17) is 11.6 Å². The van der Waals surface area contributed by atoms with Crippen LogP contribution >= 0.6 is 23.4 Å². The van der Waals surface area contributed by atoms with E-state index >= 15 is 0 Å². The van der Waals surface area contributed by atoms with E-state index in [0.29, 0.717) is 15.9 Å². The summed E-state index contributed by atoms with van der Waals surface area (Å²) in [6, 6.07) is 4.57. The van der Waals surface area contributed by atoms with Crippen LogP contribution in [0.5, 0.6) is 0 Å². The van der Waals surface area contributed by atoms with Crippen molar-refractivity contribution in [2.75, 3.05) is 11.1 Å². The molecule has 1 aromatic carbocycles. The molecule has 0 spiro atoms. The summed E-state index contributed by atoms with van der Waals surface area (Å²) in [4.78, 5) is 0.164. The van der Waals surface area contributed by atoms with Gasteiger partial charge in [0.25, 0.3) is 10.0 Å². The Kier molecular flexibility index (Phi) is 3.14. The van der Waals surface area contributed by atoms with Crippen molar-refractivity contribution in [3.8, 4) is 0 Å². The van der Waals surface area contributed by atoms with Crippen LogP contribution in [0.15, 0.2) is 27.5 Å². The first kappa shape index (κ1) is 11.8. The van der Waals surface area contributed by atoms with Crippen molar-refractivity contribution in [3.05, 3.63) is 23.2 Å². The Balaban J connectivity index is 2.52. The lowest BCUT2D eigenvalue weighted by molar-refractivity contribution is 0.598. The van der Waals surface area contributed by atoms with Gasteiger partial charge in [-0.3, -0.25) is 0 Å². The third-order valence-corrected chi connectivity index (χ3v) is 4.39. The van der Waals surface area contributed by atoms with Gasteiger partial charge in [0.2, 0.25) is 0 Å². The van der Waals surface area contributed by atoms with Crippen molar-refractivity contribution in [1.29, 1.82) is 0 Å². The highest BCUT2D eigenvalue weighted by Gasteiger charge is 2.24. The van der Waals surface area contributed by atoms with Gasteiger partial charge in [0.1, 0.15) is 4.90 Å². The maximum absolute atomic E-state index is 11.8. The summed E-state index contributed by atoms with van der Waals surface area (Å²) in [5.74, 6) is 0.747. The van der Waals surface area contributed by atoms with Crippen molar-refractivity contribution in [2.24, 2.45) is 4.40 Å². The molecule has 0 atom stereocenters. The van der Waals surface area contributed by atoms with Crippen LogP contribution in [0.25, 0.3) is 0 Å². The molecule has 1 N–H and O–H groups in total. The number of hydrogen-bond acceptors (Lipinski definition) is 4. The Labute approximate surface area is 103 Å². The molecule has 7 heteroatoms. The average Bonchev–Trinajstić information content (AvgIpc) is 2.15. The normalized spacial score (nSPS) is 17.2. The maximum Gasteiger partial charge on any atom is 0.286 e. The quantitative estimate of drug-likeness (QED) is 0.856. The van der Waals surface area contributed by atoms with Crippen molar-refractivity contribution >= 4 is 44.2 Å². The summed E-state index contributed by atoms with van der Waals surface area (Å²) >= 11 is 7.15. The van der Waals surface area contributed by atoms with Gasteiger partial charge < -0.3 is 5.32 Å². The molecule has 0 saturated carbocycles. The molecule has 0 radical (unpaired) electrons. The Morgan fingerprint density at radius 2 is 2.25 bits per heavy atom. The van der Waals surface area contributed by atoms with E-state index in [1.807, 2.05) is 6.92 Å². The van der Waals surface area contributed by atoms with Gasteiger partial charge in [-0.25, -0.2) is 0 Å². The van der Waals surface area contributed by atoms with Gasteiger partial charge in [0.15, 0.2) is 5.17 Å². The minimum atomic E-state index is -3.58. The highest BCUT2D eigenvalue weighted by Crippen LogP contribution is 2.31. The second-order valence-electron chi connectivity index (χ2n) is 3.07. The first-order valence-corrected chi connectivity index (χ1v) is 7.37. The van der Waals surface area contributed by atoms with Crippen LogP contribution in [0.3, 0.4) is 0 Å². The van der Waals surface area contributed by atoms with E-state index in [1.165, 1.54) is 23.9 Å². The number of anilines is 1. The molecular weight excluding hydrogens is 268 g/mol. The second-order valence-corrected chi connectivity index (χ2v) is 6.33. The van der Waals surface area contributed by atoms with Gasteiger partial charge in [-0.05, 0) is 24.0 Å². The number of thioether (sulfide) groups is 1. The number of rotatable bonds is 1. The number of nitrogens with one attached hydrogen (secondary N) is 1. The van der Waals surface area contributed by atoms with Crippen molar-refractivity contribution < 1.29 is 8.42 Å². The van der Waals surface area contributed by atoms with Gasteiger partial charge in [0.05, 0.1) is 5.69 Å². The van der Waals surface area contributed by atoms with Crippen LogP contribution < -0.4 is 5.32 Å². The summed E-state index contributed by atoms with van der Waals surface area (Å²) in [5, 5.41) is 3.82. The first-order chi connectivity index (χ1) is 7.53. The fourth-order valence-electron chi connectivity index (χ4n) is 1.32. The van der Waals surface area contributed by atoms with Crippen molar-refractivity contribution in [2.45, 2.75) is 11.8 Å². The highest BCUT2D eigenvalue weighted by molar-refractivity contribution is 8.14. The Morgan fingerprint density at radius 3 is 2.94 bits per heavy atom. The molecule has 1 heterocycles. The largest absolute Gasteiger partial charge is 0.333 e. The Bertz CT molecular complexity index is 555. The molecule has 1 aliphatic heterocycles. The molecule has 16 heavy (non-hydrogen) atoms. The molecule has 0 aromatic heterocycles. The minimum absolute atomic E-state index is 0.164. The highest BCUT2D eigenvalue weighted by atomic mass is 35.5. The molecule has 0 fully saturated rings. The van der Waals surface area contributed by atoms with E-state index in [0.717, 1.165) is 5.75 Å². The zero-order valence-electron chi connectivity index (χ0n) is 8.40. The molecule has 0 amide bonds. The summed E-state index contributed by atoms with van der Waals surface area (Å²) < 4.78 is 27.2. The number of sulfonamides is 1. The van der Waals surface area contributed by atoms with Crippen molar-refractivity contribution in [1.82, 2.24) is 0 Å². The summed E-state index contributed by atoms with van der Waals surface area (Å²) in [5.41, 5.74) is 0.485. The lowest BCUT2D eigenvalue weighted by atomic mass is 10.3. The Morgan fingerprint density at radius 1 is 1.50 bits per heavy atom. The molecule has 0 saturated heterocycles. The van der Waals surface area contributed by atoms with Crippen LogP contribution in [-0.4, -0.2) is 19.3 Å². The second kappa shape index (κ2) is 4.27. The van der Waals surface area contributed by atoms with Crippen LogP contribution in [0.4, 0.5) is 5.69 Å². The molecule has 2 rings (SSSR count). The van der Waals surface area contributed by atoms with E-state index in [9.17, 15) is 8.42 Å². The summed E-state index contributed by atoms with van der Waals surface area (Å²) in [6.07, 6.45) is 0. The lowest BCUT2D eigenvalue weighted by Gasteiger charge is -2.17. The minimum Gasteiger partial charge on any atom is -0.333 e. The maximum atomic E-state index is 11.8. The van der Waals surface area contributed by atoms with E-state index < -0.39 is 10.0 Å². The van der Waals surface area contributed by atoms with E-state index in [-0.39, 0.29) is 4.90 Å². The smallest absolute Gasteiger partial charge is 0.286 e. The molecule has 0 unspecified atom stereocenters. The third kappa shape index (κ3) is 2.18. The predicted octanol–water partition coefficient (Wildman–Crippen LogP) is 2.56. The van der Waals surface area contributed by atoms with E-state index in [1.54, 1.807) is 6.07 Å². The zero-order chi connectivity index (χ0) is 11.8. The van der Waals surface area contributed by atoms with Gasteiger partial charge in [-0.15, -0.1) is 4.40 Å². The topological polar surface area (TPSA) is 58.5 Å². The van der Waals surface area contributed by atoms with E-state index in [2.05, 4.69) is 9.71 Å². The monoisotopic (exact) mass is 276 g/mol. The molecule has 0 aliphatic carbocycles. The SMILES string of the molecule is CCSC1=NS(=O)(=O)c2ccc(Cl)cc2N1. The average molecular weight is 277 g/mol. The molecular formula is C9H9ClN2O2S2. The lowest BCUT2D eigenvalue weighted by Crippen LogP contribution is -2.18. The van der Waals surface area contributed by atoms with Crippen molar-refractivity contribution in [3.63, 3.8) is 0 Å². The number of fused-ring (bicyclic) bond motifs is 1. The summed E-state index contributed by atoms with van der Waals surface area (Å²) in [7, 11) is -3.58. The standard InChI is InChI=1S/C9H9ClN2O2S2/c1-2-15-9-11-7-5-6(10)3-4-8(7)16(13,14)12-9/h3-5H,2H2,1H3,(H,11,12). The zero-order valence-corrected chi connectivity index (χ0v) is 10.8. The molecule has 1 aliphatic rings. The van der Waals surface area contributed by atoms with Gasteiger partial charge in [-0.2, -0.15) is 8.42 Å². The van der Waals surface area contributed by atoms with Crippen LogP contribution in [0.2, 0.25) is 5.02 Å². The first-order valence-electron chi connectivity index (χ1n) is 4.57. The fraction of sp³-hybridized carbons (Fsp3) is 0.222. The summed E-state index contributed by atoms with van der Waals surface area (Å²) in [6.45, 7) is 1.93. The van der Waals surface area contributed by atoms with Crippen LogP contribution in [0.1, 0.15) is 6.92 Å². The number of hydrogen-bond donors (Lipinski definition) is 1. The van der Waals surface area contributed by atoms with Gasteiger partial charge in [0, 0.05) is 5.02 Å². The third-order valence-electron chi connectivity index (χ3n) is 1.95. The number of nitrogens with zero attached hydrogens (tertiary/aromatic N) is 1. The molecule has 1 aromatic rings. The van der Waals surface area contributed by atoms with Gasteiger partial charge >= 0.3 is 0 Å². The predicted molar refractivity (Wildman–Crippen MR) is 67.8 cm³/mol. The number of halogens is 1. The fourth-order valence-corrected chi connectivity index (χ4v) is 3.44. The van der Waals surface area contributed by atoms with Gasteiger partial charge in [-0.1, -0.05) is 30.3 Å². The number of amidine groups is 1. The van der Waals surface area contributed by atoms with Crippen LogP contribution in [0, 0.1) is 0 Å². The Hall–Kier alpha value is -0.720. The molecule has 86 valence electrons. The molecule has 4 nitrogen and oxygen atoms in total. The van der Waals surface area contributed by atoms with Crippen LogP contribution in [-0.2, 0) is 10.0 Å². The molecule has 0 bridgehead atoms.